The Hall–Kier alpha value is -0.136. The molecule has 0 aliphatic rings. The summed E-state index contributed by atoms with van der Waals surface area (Å²) in [5.41, 5.74) is 0. The van der Waals surface area contributed by atoms with Crippen molar-refractivity contribution in [1.82, 2.24) is 0 Å². The third kappa shape index (κ3) is 11.4. The van der Waals surface area contributed by atoms with E-state index >= 15 is 0 Å². The molecule has 0 aromatic heterocycles. The fourth-order valence-corrected chi connectivity index (χ4v) is 9.34. The Morgan fingerprint density at radius 1 is 1.00 bits per heavy atom. The summed E-state index contributed by atoms with van der Waals surface area (Å²) < 4.78 is 0.605. The lowest BCUT2D eigenvalue weighted by Gasteiger charge is -2.30. The van der Waals surface area contributed by atoms with Crippen LogP contribution in [0, 0.1) is 0 Å². The maximum absolute atomic E-state index is 10.8. The van der Waals surface area contributed by atoms with Gasteiger partial charge in [0.15, 0.2) is 6.54 Å². The summed E-state index contributed by atoms with van der Waals surface area (Å²) in [5.74, 6) is -0.694. The number of carboxylic acids is 1. The molecule has 3 nitrogen and oxygen atoms in total. The fraction of sp³-hybridized carbons (Fsp3) is 0.929. The minimum absolute atomic E-state index is 0.233. The Balaban J connectivity index is 4.07. The first-order valence-electron chi connectivity index (χ1n) is 7.37. The molecule has 0 radical (unpaired) electrons. The molecule has 0 aromatic carbocycles. The molecule has 0 heterocycles. The predicted molar refractivity (Wildman–Crippen MR) is 89.3 cm³/mol. The van der Waals surface area contributed by atoms with E-state index in [1.807, 2.05) is 14.1 Å². The number of carbonyl (C=O) groups is 1. The molecule has 0 unspecified atom stereocenters. The summed E-state index contributed by atoms with van der Waals surface area (Å²) in [7, 11) is 2.05. The molecule has 114 valence electrons. The third-order valence-electron chi connectivity index (χ3n) is 3.73. The first-order chi connectivity index (χ1) is 8.33. The number of quaternary nitrogens is 1. The van der Waals surface area contributed by atoms with Gasteiger partial charge in [-0.1, -0.05) is 50.9 Å². The van der Waals surface area contributed by atoms with Crippen molar-refractivity contribution >= 4 is 22.1 Å². The normalized spacial score (nSPS) is 13.6. The van der Waals surface area contributed by atoms with E-state index in [0.717, 1.165) is 6.54 Å². The zero-order chi connectivity index (χ0) is 15.3. The highest BCUT2D eigenvalue weighted by molar-refractivity contribution is 6.82. The number of likely N-dealkylation sites (N-methyl/N-ethyl adjacent to an activating group) is 1. The monoisotopic (exact) mass is 304 g/mol. The smallest absolute Gasteiger partial charge is 0.359 e. The van der Waals surface area contributed by atoms with Crippen LogP contribution in [0.3, 0.4) is 0 Å². The van der Waals surface area contributed by atoms with Gasteiger partial charge in [-0.2, -0.15) is 0 Å². The molecule has 0 fully saturated rings. The van der Waals surface area contributed by atoms with E-state index in [2.05, 4.69) is 32.7 Å². The van der Waals surface area contributed by atoms with E-state index in [9.17, 15) is 4.79 Å². The molecule has 0 atom stereocenters. The van der Waals surface area contributed by atoms with Crippen LogP contribution in [0.4, 0.5) is 0 Å². The zero-order valence-corrected chi connectivity index (χ0v) is 16.0. The Morgan fingerprint density at radius 3 is 1.95 bits per heavy atom. The molecule has 0 spiro atoms. The molecule has 0 bridgehead atoms. The van der Waals surface area contributed by atoms with Gasteiger partial charge < -0.3 is 9.59 Å². The predicted octanol–water partition coefficient (Wildman–Crippen LogP) is 3.58. The van der Waals surface area contributed by atoms with Gasteiger partial charge in [0.1, 0.15) is 0 Å². The second-order valence-corrected chi connectivity index (χ2v) is 19.5. The van der Waals surface area contributed by atoms with Gasteiger partial charge in [-0.05, 0) is 6.42 Å². The van der Waals surface area contributed by atoms with Crippen molar-refractivity contribution in [2.75, 3.05) is 27.2 Å². The van der Waals surface area contributed by atoms with Crippen LogP contribution >= 0.6 is 0 Å². The highest BCUT2D eigenvalue weighted by Crippen LogP contribution is 2.24. The van der Waals surface area contributed by atoms with Gasteiger partial charge in [-0.3, -0.25) is 0 Å². The number of hydrogen-bond acceptors (Lipinski definition) is 1. The number of carboxylic acid groups (broad SMARTS) is 1. The summed E-state index contributed by atoms with van der Waals surface area (Å²) in [6.07, 6.45) is 1.17. The SMILES string of the molecule is C[N+](C)(CCC[Si](C)(C)CC[Si](C)(C)C)CC(=O)O. The van der Waals surface area contributed by atoms with E-state index in [-0.39, 0.29) is 6.54 Å². The van der Waals surface area contributed by atoms with Crippen molar-refractivity contribution in [3.8, 4) is 0 Å². The van der Waals surface area contributed by atoms with E-state index in [1.54, 1.807) is 0 Å². The zero-order valence-electron chi connectivity index (χ0n) is 14.0. The van der Waals surface area contributed by atoms with Gasteiger partial charge in [-0.25, -0.2) is 4.79 Å². The highest BCUT2D eigenvalue weighted by Gasteiger charge is 2.26. The van der Waals surface area contributed by atoms with Crippen LogP contribution in [-0.2, 0) is 4.79 Å². The van der Waals surface area contributed by atoms with Crippen molar-refractivity contribution in [2.24, 2.45) is 0 Å². The lowest BCUT2D eigenvalue weighted by atomic mass is 10.3. The van der Waals surface area contributed by atoms with E-state index in [0.29, 0.717) is 4.48 Å². The minimum Gasteiger partial charge on any atom is -0.477 e. The van der Waals surface area contributed by atoms with Gasteiger partial charge in [0.2, 0.25) is 0 Å². The molecule has 19 heavy (non-hydrogen) atoms. The van der Waals surface area contributed by atoms with Gasteiger partial charge in [-0.15, -0.1) is 0 Å². The van der Waals surface area contributed by atoms with Crippen molar-refractivity contribution in [3.05, 3.63) is 0 Å². The number of nitrogens with zero attached hydrogens (tertiary/aromatic N) is 1. The van der Waals surface area contributed by atoms with Crippen molar-refractivity contribution in [1.29, 1.82) is 0 Å². The maximum atomic E-state index is 10.8. The van der Waals surface area contributed by atoms with E-state index < -0.39 is 22.1 Å². The third-order valence-corrected chi connectivity index (χ3v) is 9.29. The number of hydrogen-bond donors (Lipinski definition) is 1. The number of rotatable bonds is 9. The average molecular weight is 305 g/mol. The highest BCUT2D eigenvalue weighted by atomic mass is 28.3. The van der Waals surface area contributed by atoms with Crippen LogP contribution in [0.2, 0.25) is 50.9 Å². The molecule has 0 aliphatic carbocycles. The molecule has 0 aliphatic heterocycles. The van der Waals surface area contributed by atoms with Crippen molar-refractivity contribution in [3.63, 3.8) is 0 Å². The lowest BCUT2D eigenvalue weighted by molar-refractivity contribution is -0.883. The minimum atomic E-state index is -1.08. The van der Waals surface area contributed by atoms with Crippen LogP contribution in [0.1, 0.15) is 6.42 Å². The Kier molecular flexibility index (Phi) is 6.99. The second kappa shape index (κ2) is 7.04. The van der Waals surface area contributed by atoms with Crippen LogP contribution in [0.25, 0.3) is 0 Å². The summed E-state index contributed by atoms with van der Waals surface area (Å²) in [6.45, 7) is 13.5. The quantitative estimate of drug-likeness (QED) is 0.522. The van der Waals surface area contributed by atoms with E-state index in [4.69, 9.17) is 5.11 Å². The summed E-state index contributed by atoms with van der Waals surface area (Å²) in [6, 6.07) is 4.22. The molecule has 0 amide bonds. The van der Waals surface area contributed by atoms with Crippen LogP contribution in [0.5, 0.6) is 0 Å². The molecule has 1 N–H and O–H groups in total. The van der Waals surface area contributed by atoms with Crippen molar-refractivity contribution < 1.29 is 14.4 Å². The molecule has 0 saturated carbocycles. The first kappa shape index (κ1) is 18.9. The maximum Gasteiger partial charge on any atom is 0.359 e. The summed E-state index contributed by atoms with van der Waals surface area (Å²) >= 11 is 0. The van der Waals surface area contributed by atoms with Crippen molar-refractivity contribution in [2.45, 2.75) is 57.3 Å². The molecule has 0 rings (SSSR count). The van der Waals surface area contributed by atoms with Crippen LogP contribution in [0.15, 0.2) is 0 Å². The Labute approximate surface area is 121 Å². The van der Waals surface area contributed by atoms with Gasteiger partial charge in [0.25, 0.3) is 0 Å². The topological polar surface area (TPSA) is 37.3 Å². The molecular weight excluding hydrogens is 270 g/mol. The Morgan fingerprint density at radius 2 is 1.53 bits per heavy atom. The Bertz CT molecular complexity index is 296. The standard InChI is InChI=1S/C14H33NO2Si2/c1-15(2,13-14(16)17)9-8-10-19(6,7)12-11-18(3,4)5/h8-13H2,1-7H3/p+1. The second-order valence-electron chi connectivity index (χ2n) is 8.54. The van der Waals surface area contributed by atoms with E-state index in [1.165, 1.54) is 24.6 Å². The molecular formula is C14H34NO2Si2+. The molecule has 0 saturated heterocycles. The summed E-state index contributed by atoms with van der Waals surface area (Å²) in [5, 5.41) is 8.88. The van der Waals surface area contributed by atoms with Gasteiger partial charge in [0.05, 0.1) is 20.6 Å². The van der Waals surface area contributed by atoms with Gasteiger partial charge >= 0.3 is 5.97 Å². The van der Waals surface area contributed by atoms with Gasteiger partial charge in [0, 0.05) is 16.1 Å². The molecule has 0 aromatic rings. The largest absolute Gasteiger partial charge is 0.477 e. The average Bonchev–Trinajstić information content (AvgIpc) is 2.10. The first-order valence-corrected chi connectivity index (χ1v) is 14.5. The number of aliphatic carboxylic acids is 1. The molecule has 5 heteroatoms. The van der Waals surface area contributed by atoms with Crippen LogP contribution in [-0.4, -0.2) is 58.9 Å². The lowest BCUT2D eigenvalue weighted by Crippen LogP contribution is -2.45. The fourth-order valence-electron chi connectivity index (χ4n) is 2.27. The van der Waals surface area contributed by atoms with Crippen LogP contribution < -0.4 is 0 Å². The summed E-state index contributed by atoms with van der Waals surface area (Å²) in [4.78, 5) is 10.8.